The molecule has 1 aliphatic carbocycles. The molecule has 44 heavy (non-hydrogen) atoms. The van der Waals surface area contributed by atoms with Crippen LogP contribution in [0.1, 0.15) is 46.6 Å². The van der Waals surface area contributed by atoms with E-state index in [1.54, 1.807) is 30.7 Å². The molecular formula is C34H44N6O4. The number of pyridine rings is 1. The van der Waals surface area contributed by atoms with Gasteiger partial charge in [0.1, 0.15) is 11.4 Å². The number of piperazine rings is 1. The third-order valence-electron chi connectivity index (χ3n) is 8.82. The zero-order valence-corrected chi connectivity index (χ0v) is 26.9. The number of aromatic nitrogens is 1. The lowest BCUT2D eigenvalue weighted by Gasteiger charge is -2.45. The maximum atomic E-state index is 13.9. The van der Waals surface area contributed by atoms with Gasteiger partial charge in [-0.2, -0.15) is 0 Å². The molecule has 2 aliphatic heterocycles. The summed E-state index contributed by atoms with van der Waals surface area (Å²) in [6.07, 6.45) is 4.18. The number of hydrogen-bond donors (Lipinski definition) is 2. The Morgan fingerprint density at radius 3 is 2.39 bits per heavy atom. The van der Waals surface area contributed by atoms with Crippen LogP contribution in [0.15, 0.2) is 59.4 Å². The summed E-state index contributed by atoms with van der Waals surface area (Å²) in [7, 11) is 1.75. The van der Waals surface area contributed by atoms with Crippen LogP contribution in [-0.2, 0) is 14.3 Å². The lowest BCUT2D eigenvalue weighted by atomic mass is 9.84. The Hall–Kier alpha value is -4.18. The molecule has 0 unspecified atom stereocenters. The molecule has 0 spiro atoms. The standard InChI is InChI=1S/C34H44N6O4/c1-22-8-10-25(20-26(22)23-9-11-29(35-21-23)39-14-16-44-17-15-39)36-32(43)37-28-19-24(33(2,3)4)18-27(28)30(41)40-13-12-38(7)31(42)34(40,5)6/h8-11,19-21H,12-18H2,1-7H3,(H2,36,37,43). The first-order chi connectivity index (χ1) is 20.8. The van der Waals surface area contributed by atoms with E-state index >= 15 is 0 Å². The topological polar surface area (TPSA) is 107 Å². The van der Waals surface area contributed by atoms with Gasteiger partial charge in [0.15, 0.2) is 0 Å². The van der Waals surface area contributed by atoms with E-state index in [9.17, 15) is 14.4 Å². The zero-order valence-electron chi connectivity index (χ0n) is 26.9. The van der Waals surface area contributed by atoms with Crippen LogP contribution >= 0.6 is 0 Å². The number of morpholine rings is 1. The Bertz CT molecular complexity index is 1510. The fraction of sp³-hybridized carbons (Fsp3) is 0.471. The molecule has 2 aromatic rings. The number of likely N-dealkylation sites (N-methyl/N-ethyl adjacent to an activating group) is 1. The Balaban J connectivity index is 1.35. The molecule has 1 aromatic heterocycles. The Morgan fingerprint density at radius 2 is 1.73 bits per heavy atom. The monoisotopic (exact) mass is 600 g/mol. The van der Waals surface area contributed by atoms with E-state index in [4.69, 9.17) is 4.74 Å². The van der Waals surface area contributed by atoms with Crippen LogP contribution in [0.2, 0.25) is 0 Å². The van der Waals surface area contributed by atoms with Crippen LogP contribution < -0.4 is 15.5 Å². The van der Waals surface area contributed by atoms with Crippen molar-refractivity contribution in [2.45, 2.75) is 53.5 Å². The van der Waals surface area contributed by atoms with Crippen LogP contribution in [-0.4, -0.2) is 84.6 Å². The number of allylic oxidation sites excluding steroid dienone is 2. The SMILES string of the molecule is Cc1ccc(NC(=O)NC2=C(C(=O)N3CCN(C)C(=O)C3(C)C)CC(C(C)(C)C)=C2)cc1-c1ccc(N2CCOCC2)nc1. The van der Waals surface area contributed by atoms with Gasteiger partial charge >= 0.3 is 6.03 Å². The number of nitrogens with zero attached hydrogens (tertiary/aromatic N) is 4. The van der Waals surface area contributed by atoms with Gasteiger partial charge < -0.3 is 30.1 Å². The maximum Gasteiger partial charge on any atom is 0.323 e. The minimum absolute atomic E-state index is 0.104. The molecule has 5 rings (SSSR count). The average Bonchev–Trinajstić information content (AvgIpc) is 3.41. The van der Waals surface area contributed by atoms with E-state index in [-0.39, 0.29) is 17.2 Å². The van der Waals surface area contributed by atoms with Crippen molar-refractivity contribution in [2.75, 3.05) is 56.7 Å². The summed E-state index contributed by atoms with van der Waals surface area (Å²) < 4.78 is 5.45. The Morgan fingerprint density at radius 1 is 1.00 bits per heavy atom. The number of aryl methyl sites for hydroxylation is 1. The summed E-state index contributed by atoms with van der Waals surface area (Å²) in [6.45, 7) is 15.8. The van der Waals surface area contributed by atoms with Crippen molar-refractivity contribution < 1.29 is 19.1 Å². The summed E-state index contributed by atoms with van der Waals surface area (Å²) in [5, 5.41) is 5.90. The van der Waals surface area contributed by atoms with Crippen molar-refractivity contribution in [3.05, 3.63) is 65.0 Å². The fourth-order valence-corrected chi connectivity index (χ4v) is 5.93. The van der Waals surface area contributed by atoms with Crippen molar-refractivity contribution in [2.24, 2.45) is 5.41 Å². The molecular weight excluding hydrogens is 556 g/mol. The number of nitrogens with one attached hydrogen (secondary N) is 2. The van der Waals surface area contributed by atoms with Gasteiger partial charge in [0, 0.05) is 62.7 Å². The van der Waals surface area contributed by atoms with Crippen molar-refractivity contribution in [3.63, 3.8) is 0 Å². The molecule has 2 fully saturated rings. The fourth-order valence-electron chi connectivity index (χ4n) is 5.93. The highest BCUT2D eigenvalue weighted by molar-refractivity contribution is 6.02. The summed E-state index contributed by atoms with van der Waals surface area (Å²) >= 11 is 0. The summed E-state index contributed by atoms with van der Waals surface area (Å²) in [5.74, 6) is 0.589. The number of rotatable bonds is 5. The lowest BCUT2D eigenvalue weighted by Crippen LogP contribution is -2.63. The number of ether oxygens (including phenoxy) is 1. The normalized spacial score (nSPS) is 18.8. The predicted octanol–water partition coefficient (Wildman–Crippen LogP) is 4.72. The number of hydrogen-bond acceptors (Lipinski definition) is 6. The molecule has 0 bridgehead atoms. The van der Waals surface area contributed by atoms with Crippen molar-refractivity contribution in [1.82, 2.24) is 20.1 Å². The highest BCUT2D eigenvalue weighted by Crippen LogP contribution is 2.38. The quantitative estimate of drug-likeness (QED) is 0.514. The highest BCUT2D eigenvalue weighted by atomic mass is 16.5. The number of amides is 4. The molecule has 10 nitrogen and oxygen atoms in total. The predicted molar refractivity (Wildman–Crippen MR) is 172 cm³/mol. The molecule has 0 radical (unpaired) electrons. The second-order valence-electron chi connectivity index (χ2n) is 13.3. The Labute approximate surface area is 260 Å². The number of carbonyl (C=O) groups excluding carboxylic acids is 3. The van der Waals surface area contributed by atoms with Crippen molar-refractivity contribution in [1.29, 1.82) is 0 Å². The van der Waals surface area contributed by atoms with Crippen molar-refractivity contribution in [3.8, 4) is 11.1 Å². The Kier molecular flexibility index (Phi) is 8.57. The number of anilines is 2. The second kappa shape index (κ2) is 12.1. The van der Waals surface area contributed by atoms with Gasteiger partial charge in [-0.25, -0.2) is 9.78 Å². The summed E-state index contributed by atoms with van der Waals surface area (Å²) in [6, 6.07) is 9.39. The molecule has 10 heteroatoms. The first-order valence-corrected chi connectivity index (χ1v) is 15.2. The first kappa shape index (κ1) is 31.3. The third kappa shape index (κ3) is 6.36. The van der Waals surface area contributed by atoms with Crippen LogP contribution in [0.3, 0.4) is 0 Å². The average molecular weight is 601 g/mol. The van der Waals surface area contributed by atoms with Crippen LogP contribution in [0.4, 0.5) is 16.3 Å². The highest BCUT2D eigenvalue weighted by Gasteiger charge is 2.45. The van der Waals surface area contributed by atoms with E-state index < -0.39 is 11.6 Å². The first-order valence-electron chi connectivity index (χ1n) is 15.2. The molecule has 0 atom stereocenters. The van der Waals surface area contributed by atoms with E-state index in [2.05, 4.69) is 47.4 Å². The van der Waals surface area contributed by atoms with Gasteiger partial charge in [-0.05, 0) is 67.7 Å². The molecule has 0 saturated carbocycles. The van der Waals surface area contributed by atoms with E-state index in [0.717, 1.165) is 41.2 Å². The molecule has 4 amide bonds. The third-order valence-corrected chi connectivity index (χ3v) is 8.82. The number of carbonyl (C=O) groups is 3. The van der Waals surface area contributed by atoms with Gasteiger partial charge in [-0.15, -0.1) is 0 Å². The lowest BCUT2D eigenvalue weighted by molar-refractivity contribution is -0.155. The van der Waals surface area contributed by atoms with Gasteiger partial charge in [0.2, 0.25) is 5.91 Å². The van der Waals surface area contributed by atoms with Gasteiger partial charge in [0.25, 0.3) is 5.91 Å². The molecule has 1 aromatic carbocycles. The number of urea groups is 1. The van der Waals surface area contributed by atoms with Crippen molar-refractivity contribution >= 4 is 29.4 Å². The van der Waals surface area contributed by atoms with Crippen LogP contribution in [0.25, 0.3) is 11.1 Å². The van der Waals surface area contributed by atoms with Gasteiger partial charge in [-0.3, -0.25) is 9.59 Å². The summed E-state index contributed by atoms with van der Waals surface area (Å²) in [5.41, 5.74) is 4.43. The maximum absolute atomic E-state index is 13.9. The van der Waals surface area contributed by atoms with Gasteiger partial charge in [-0.1, -0.05) is 32.4 Å². The number of benzene rings is 1. The smallest absolute Gasteiger partial charge is 0.323 e. The molecule has 2 N–H and O–H groups in total. The van der Waals surface area contributed by atoms with E-state index in [0.29, 0.717) is 49.7 Å². The van der Waals surface area contributed by atoms with E-state index in [1.165, 1.54) is 0 Å². The molecule has 3 aliphatic rings. The second-order valence-corrected chi connectivity index (χ2v) is 13.3. The van der Waals surface area contributed by atoms with Crippen LogP contribution in [0, 0.1) is 12.3 Å². The summed E-state index contributed by atoms with van der Waals surface area (Å²) in [4.78, 5) is 50.4. The van der Waals surface area contributed by atoms with Crippen LogP contribution in [0.5, 0.6) is 0 Å². The molecule has 3 heterocycles. The largest absolute Gasteiger partial charge is 0.378 e. The molecule has 234 valence electrons. The zero-order chi connectivity index (χ0) is 31.8. The molecule has 2 saturated heterocycles. The minimum atomic E-state index is -0.984. The minimum Gasteiger partial charge on any atom is -0.378 e. The van der Waals surface area contributed by atoms with Gasteiger partial charge in [0.05, 0.1) is 18.9 Å². The van der Waals surface area contributed by atoms with E-state index in [1.807, 2.05) is 43.5 Å².